The molecule has 4 nitrogen and oxygen atoms in total. The van der Waals surface area contributed by atoms with Crippen LogP contribution in [0.3, 0.4) is 0 Å². The zero-order valence-electron chi connectivity index (χ0n) is 9.48. The lowest BCUT2D eigenvalue weighted by Gasteiger charge is -2.14. The molecule has 0 radical (unpaired) electrons. The van der Waals surface area contributed by atoms with Crippen LogP contribution in [-0.2, 0) is 9.84 Å². The highest BCUT2D eigenvalue weighted by Crippen LogP contribution is 2.18. The van der Waals surface area contributed by atoms with E-state index in [-0.39, 0.29) is 4.90 Å². The van der Waals surface area contributed by atoms with Gasteiger partial charge in [0, 0.05) is 25.8 Å². The van der Waals surface area contributed by atoms with Gasteiger partial charge in [0.2, 0.25) is 0 Å². The summed E-state index contributed by atoms with van der Waals surface area (Å²) < 4.78 is 22.4. The summed E-state index contributed by atoms with van der Waals surface area (Å²) >= 11 is 0. The summed E-state index contributed by atoms with van der Waals surface area (Å²) in [5.74, 6) is 0. The van der Waals surface area contributed by atoms with Crippen molar-refractivity contribution < 1.29 is 8.42 Å². The van der Waals surface area contributed by atoms with Crippen LogP contribution in [0, 0.1) is 6.57 Å². The van der Waals surface area contributed by atoms with Gasteiger partial charge < -0.3 is 5.32 Å². The first-order valence-electron chi connectivity index (χ1n) is 4.71. The van der Waals surface area contributed by atoms with Crippen molar-refractivity contribution in [1.29, 1.82) is 0 Å². The second-order valence-electron chi connectivity index (χ2n) is 4.09. The Morgan fingerprint density at radius 1 is 1.25 bits per heavy atom. The molecule has 1 aromatic rings. The largest absolute Gasteiger partial charge is 0.315 e. The highest BCUT2D eigenvalue weighted by atomic mass is 32.2. The summed E-state index contributed by atoms with van der Waals surface area (Å²) in [4.78, 5) is 3.68. The van der Waals surface area contributed by atoms with Gasteiger partial charge in [0.05, 0.1) is 4.90 Å². The van der Waals surface area contributed by atoms with Crippen molar-refractivity contribution in [3.8, 4) is 0 Å². The van der Waals surface area contributed by atoms with Gasteiger partial charge >= 0.3 is 0 Å². The molecule has 1 aromatic carbocycles. The fourth-order valence-corrected chi connectivity index (χ4v) is 1.80. The lowest BCUT2D eigenvalue weighted by molar-refractivity contribution is 0.602. The lowest BCUT2D eigenvalue weighted by Crippen LogP contribution is -2.25. The summed E-state index contributed by atoms with van der Waals surface area (Å²) in [6.07, 6.45) is 1.17. The van der Waals surface area contributed by atoms with Crippen LogP contribution in [0.1, 0.15) is 13.8 Å². The van der Waals surface area contributed by atoms with Crippen LogP contribution in [0.25, 0.3) is 4.85 Å². The average molecular weight is 238 g/mol. The third-order valence-corrected chi connectivity index (χ3v) is 3.14. The Labute approximate surface area is 96.0 Å². The second-order valence-corrected chi connectivity index (χ2v) is 6.11. The van der Waals surface area contributed by atoms with Gasteiger partial charge in [0.25, 0.3) is 5.66 Å². The number of sulfone groups is 1. The maximum Gasteiger partial charge on any atom is 0.299 e. The molecule has 16 heavy (non-hydrogen) atoms. The molecule has 0 unspecified atom stereocenters. The van der Waals surface area contributed by atoms with Gasteiger partial charge in [0.15, 0.2) is 9.84 Å². The minimum atomic E-state index is -3.16. The van der Waals surface area contributed by atoms with Crippen LogP contribution in [0.5, 0.6) is 0 Å². The highest BCUT2D eigenvalue weighted by Gasteiger charge is 2.21. The van der Waals surface area contributed by atoms with E-state index in [4.69, 9.17) is 6.57 Å². The molecular weight excluding hydrogens is 224 g/mol. The van der Waals surface area contributed by atoms with Gasteiger partial charge in [-0.25, -0.2) is 15.0 Å². The van der Waals surface area contributed by atoms with E-state index >= 15 is 0 Å². The zero-order valence-corrected chi connectivity index (χ0v) is 10.3. The Morgan fingerprint density at radius 3 is 2.12 bits per heavy atom. The van der Waals surface area contributed by atoms with Crippen molar-refractivity contribution in [2.45, 2.75) is 24.4 Å². The fraction of sp³-hybridized carbons (Fsp3) is 0.364. The molecule has 0 aromatic heterocycles. The van der Waals surface area contributed by atoms with Gasteiger partial charge in [-0.3, -0.25) is 4.85 Å². The molecule has 0 spiro atoms. The first-order valence-corrected chi connectivity index (χ1v) is 6.61. The van der Waals surface area contributed by atoms with Gasteiger partial charge in [-0.05, 0) is 24.3 Å². The summed E-state index contributed by atoms with van der Waals surface area (Å²) in [7, 11) is -3.16. The van der Waals surface area contributed by atoms with E-state index in [1.165, 1.54) is 18.4 Å². The van der Waals surface area contributed by atoms with Crippen LogP contribution < -0.4 is 5.32 Å². The monoisotopic (exact) mass is 238 g/mol. The summed E-state index contributed by atoms with van der Waals surface area (Å²) in [6, 6.07) is 6.36. The quantitative estimate of drug-likeness (QED) is 0.821. The smallest absolute Gasteiger partial charge is 0.299 e. The predicted octanol–water partition coefficient (Wildman–Crippen LogP) is 2.16. The van der Waals surface area contributed by atoms with Gasteiger partial charge in [-0.1, -0.05) is 0 Å². The molecule has 86 valence electrons. The third-order valence-electron chi connectivity index (χ3n) is 2.01. The van der Waals surface area contributed by atoms with Crippen LogP contribution in [0.15, 0.2) is 29.2 Å². The Morgan fingerprint density at radius 2 is 1.75 bits per heavy atom. The van der Waals surface area contributed by atoms with E-state index < -0.39 is 15.5 Å². The Hall–Kier alpha value is -1.54. The van der Waals surface area contributed by atoms with Crippen LogP contribution in [-0.4, -0.2) is 20.3 Å². The number of anilines is 1. The minimum Gasteiger partial charge on any atom is -0.315 e. The summed E-state index contributed by atoms with van der Waals surface area (Å²) in [5.41, 5.74) is 0.0421. The number of nitrogens with one attached hydrogen (secondary N) is 1. The van der Waals surface area contributed by atoms with Crippen molar-refractivity contribution in [2.24, 2.45) is 0 Å². The highest BCUT2D eigenvalue weighted by molar-refractivity contribution is 7.90. The molecule has 0 heterocycles. The molecule has 5 heteroatoms. The fourth-order valence-electron chi connectivity index (χ4n) is 1.17. The molecule has 0 saturated carbocycles. The van der Waals surface area contributed by atoms with Gasteiger partial charge in [0.1, 0.15) is 0 Å². The van der Waals surface area contributed by atoms with Crippen LogP contribution in [0.4, 0.5) is 5.69 Å². The van der Waals surface area contributed by atoms with Crippen molar-refractivity contribution in [3.05, 3.63) is 35.7 Å². The van der Waals surface area contributed by atoms with Crippen molar-refractivity contribution >= 4 is 15.5 Å². The van der Waals surface area contributed by atoms with E-state index in [0.29, 0.717) is 0 Å². The van der Waals surface area contributed by atoms with E-state index in [0.717, 1.165) is 5.69 Å². The first kappa shape index (κ1) is 12.5. The molecule has 0 aliphatic rings. The van der Waals surface area contributed by atoms with E-state index in [1.54, 1.807) is 26.0 Å². The minimum absolute atomic E-state index is 0.277. The van der Waals surface area contributed by atoms with Gasteiger partial charge in [-0.2, -0.15) is 0 Å². The molecular formula is C11H14N2O2S. The normalized spacial score (nSPS) is 11.9. The molecule has 0 amide bonds. The first-order chi connectivity index (χ1) is 7.24. The maximum absolute atomic E-state index is 11.2. The van der Waals surface area contributed by atoms with Crippen LogP contribution in [0.2, 0.25) is 0 Å². The van der Waals surface area contributed by atoms with E-state index in [1.807, 2.05) is 0 Å². The number of benzene rings is 1. The standard InChI is InChI=1S/C11H14N2O2S/c1-11(2,12-3)13-9-5-7-10(8-6-9)16(4,14)15/h5-8,13H,1-2,4H3. The Balaban J connectivity index is 2.94. The molecule has 0 fully saturated rings. The van der Waals surface area contributed by atoms with Crippen LogP contribution >= 0.6 is 0 Å². The SMILES string of the molecule is [C-]#[N+]C(C)(C)Nc1ccc(S(C)(=O)=O)cc1. The predicted molar refractivity (Wildman–Crippen MR) is 63.9 cm³/mol. The summed E-state index contributed by atoms with van der Waals surface area (Å²) in [6.45, 7) is 10.5. The molecule has 0 atom stereocenters. The molecule has 0 saturated heterocycles. The van der Waals surface area contributed by atoms with Crippen molar-refractivity contribution in [3.63, 3.8) is 0 Å². The van der Waals surface area contributed by atoms with Gasteiger partial charge in [-0.15, -0.1) is 0 Å². The number of hydrogen-bond acceptors (Lipinski definition) is 3. The molecule has 0 bridgehead atoms. The zero-order chi connectivity index (χ0) is 12.4. The number of hydrogen-bond donors (Lipinski definition) is 1. The second kappa shape index (κ2) is 4.14. The Kier molecular flexibility index (Phi) is 3.24. The van der Waals surface area contributed by atoms with Crippen molar-refractivity contribution in [2.75, 3.05) is 11.6 Å². The molecule has 0 aliphatic heterocycles. The molecule has 1 rings (SSSR count). The van der Waals surface area contributed by atoms with Crippen molar-refractivity contribution in [1.82, 2.24) is 0 Å². The lowest BCUT2D eigenvalue weighted by atomic mass is 10.2. The Bertz CT molecular complexity index is 510. The third kappa shape index (κ3) is 3.24. The average Bonchev–Trinajstić information content (AvgIpc) is 2.16. The maximum atomic E-state index is 11.2. The summed E-state index contributed by atoms with van der Waals surface area (Å²) in [5, 5.41) is 3.00. The molecule has 1 N–H and O–H groups in total. The topological polar surface area (TPSA) is 50.5 Å². The number of rotatable bonds is 3. The van der Waals surface area contributed by atoms with E-state index in [2.05, 4.69) is 10.2 Å². The van der Waals surface area contributed by atoms with E-state index in [9.17, 15) is 8.42 Å². The number of nitrogens with zero attached hydrogens (tertiary/aromatic N) is 1. The molecule has 0 aliphatic carbocycles.